The highest BCUT2D eigenvalue weighted by atomic mass is 28.4. The van der Waals surface area contributed by atoms with E-state index in [2.05, 4.69) is 128 Å². The Morgan fingerprint density at radius 3 is 1.94 bits per heavy atom. The molecule has 34 heavy (non-hydrogen) atoms. The standard InChI is InChI=1S/C30H28N2OSi/c1-21-16-18-22(19-17-21)29-31-28(27-15-9-10-20-32(27)29)30(33-34(2,3)4)25-13-7-5-11-23(25)24-12-6-8-14-26(24)30/h5-20H,1-4H3. The van der Waals surface area contributed by atoms with Gasteiger partial charge >= 0.3 is 0 Å². The molecule has 0 bridgehead atoms. The second kappa shape index (κ2) is 7.52. The van der Waals surface area contributed by atoms with Gasteiger partial charge in [-0.15, -0.1) is 0 Å². The SMILES string of the molecule is Cc1ccc(-c2nc(C3(O[Si](C)(C)C)c4ccccc4-c4ccccc43)c3ccccn23)cc1. The monoisotopic (exact) mass is 460 g/mol. The number of rotatable bonds is 4. The number of aromatic nitrogens is 2. The zero-order valence-corrected chi connectivity index (χ0v) is 21.0. The quantitative estimate of drug-likeness (QED) is 0.261. The fraction of sp³-hybridized carbons (Fsp3) is 0.167. The van der Waals surface area contributed by atoms with Crippen LogP contribution in [0.5, 0.6) is 0 Å². The van der Waals surface area contributed by atoms with Crippen molar-refractivity contribution in [3.05, 3.63) is 120 Å². The number of hydrogen-bond donors (Lipinski definition) is 0. The van der Waals surface area contributed by atoms with Crippen LogP contribution in [0.1, 0.15) is 22.4 Å². The van der Waals surface area contributed by atoms with E-state index in [4.69, 9.17) is 9.41 Å². The molecule has 2 heterocycles. The van der Waals surface area contributed by atoms with Crippen LogP contribution in [0.3, 0.4) is 0 Å². The lowest BCUT2D eigenvalue weighted by atomic mass is 9.87. The van der Waals surface area contributed by atoms with E-state index in [1.54, 1.807) is 0 Å². The number of nitrogens with zero attached hydrogens (tertiary/aromatic N) is 2. The number of hydrogen-bond acceptors (Lipinski definition) is 2. The van der Waals surface area contributed by atoms with Gasteiger partial charge in [0, 0.05) is 22.9 Å². The molecule has 0 aliphatic heterocycles. The zero-order valence-electron chi connectivity index (χ0n) is 20.0. The maximum Gasteiger partial charge on any atom is 0.185 e. The smallest absolute Gasteiger partial charge is 0.185 e. The van der Waals surface area contributed by atoms with Gasteiger partial charge in [-0.05, 0) is 49.8 Å². The molecule has 0 saturated carbocycles. The summed E-state index contributed by atoms with van der Waals surface area (Å²) in [6.07, 6.45) is 2.11. The van der Waals surface area contributed by atoms with Crippen molar-refractivity contribution in [1.29, 1.82) is 0 Å². The van der Waals surface area contributed by atoms with E-state index in [1.807, 2.05) is 0 Å². The Balaban J connectivity index is 1.74. The molecule has 1 aliphatic rings. The third kappa shape index (κ3) is 3.10. The van der Waals surface area contributed by atoms with Crippen molar-refractivity contribution in [2.75, 3.05) is 0 Å². The summed E-state index contributed by atoms with van der Waals surface area (Å²) in [6.45, 7) is 8.90. The third-order valence-electron chi connectivity index (χ3n) is 6.55. The maximum atomic E-state index is 7.26. The molecule has 0 unspecified atom stereocenters. The minimum Gasteiger partial charge on any atom is -0.399 e. The number of aryl methyl sites for hydroxylation is 1. The van der Waals surface area contributed by atoms with Crippen LogP contribution in [0.2, 0.25) is 19.6 Å². The molecule has 3 aromatic carbocycles. The van der Waals surface area contributed by atoms with Crippen LogP contribution in [0.4, 0.5) is 0 Å². The molecule has 1 aliphatic carbocycles. The maximum absolute atomic E-state index is 7.26. The summed E-state index contributed by atoms with van der Waals surface area (Å²) in [4.78, 5) is 5.39. The molecule has 4 heteroatoms. The van der Waals surface area contributed by atoms with Gasteiger partial charge in [-0.3, -0.25) is 4.40 Å². The van der Waals surface area contributed by atoms with Crippen LogP contribution >= 0.6 is 0 Å². The molecule has 0 spiro atoms. The molecular weight excluding hydrogens is 432 g/mol. The Morgan fingerprint density at radius 2 is 1.32 bits per heavy atom. The Labute approximate surface area is 201 Å². The molecule has 0 N–H and O–H groups in total. The lowest BCUT2D eigenvalue weighted by Crippen LogP contribution is -2.41. The van der Waals surface area contributed by atoms with E-state index >= 15 is 0 Å². The molecule has 2 aromatic heterocycles. The summed E-state index contributed by atoms with van der Waals surface area (Å²) < 4.78 is 9.47. The summed E-state index contributed by atoms with van der Waals surface area (Å²) >= 11 is 0. The first-order valence-corrected chi connectivity index (χ1v) is 15.2. The van der Waals surface area contributed by atoms with Gasteiger partial charge in [0.2, 0.25) is 0 Å². The van der Waals surface area contributed by atoms with Crippen molar-refractivity contribution >= 4 is 13.8 Å². The van der Waals surface area contributed by atoms with Gasteiger partial charge in [0.1, 0.15) is 11.5 Å². The van der Waals surface area contributed by atoms with Crippen LogP contribution < -0.4 is 0 Å². The van der Waals surface area contributed by atoms with Crippen LogP contribution in [0, 0.1) is 6.92 Å². The molecule has 0 fully saturated rings. The van der Waals surface area contributed by atoms with Crippen LogP contribution in [-0.4, -0.2) is 17.7 Å². The number of fused-ring (bicyclic) bond motifs is 4. The predicted octanol–water partition coefficient (Wildman–Crippen LogP) is 7.43. The van der Waals surface area contributed by atoms with Crippen molar-refractivity contribution in [2.45, 2.75) is 32.2 Å². The highest BCUT2D eigenvalue weighted by molar-refractivity contribution is 6.69. The number of benzene rings is 3. The minimum absolute atomic E-state index is 0.757. The summed E-state index contributed by atoms with van der Waals surface area (Å²) in [5.74, 6) is 0.936. The van der Waals surface area contributed by atoms with Gasteiger partial charge < -0.3 is 4.43 Å². The van der Waals surface area contributed by atoms with Crippen LogP contribution in [0.15, 0.2) is 97.2 Å². The van der Waals surface area contributed by atoms with Gasteiger partial charge in [-0.25, -0.2) is 4.98 Å². The van der Waals surface area contributed by atoms with E-state index in [0.29, 0.717) is 0 Å². The topological polar surface area (TPSA) is 26.5 Å². The van der Waals surface area contributed by atoms with Crippen molar-refractivity contribution < 1.29 is 4.43 Å². The Bertz CT molecular complexity index is 1480. The lowest BCUT2D eigenvalue weighted by molar-refractivity contribution is 0.149. The molecule has 6 rings (SSSR count). The largest absolute Gasteiger partial charge is 0.399 e. The van der Waals surface area contributed by atoms with Crippen molar-refractivity contribution in [1.82, 2.24) is 9.38 Å². The van der Waals surface area contributed by atoms with Gasteiger partial charge in [-0.1, -0.05) is 84.4 Å². The second-order valence-corrected chi connectivity index (χ2v) is 14.5. The highest BCUT2D eigenvalue weighted by Gasteiger charge is 2.50. The van der Waals surface area contributed by atoms with Gasteiger partial charge in [-0.2, -0.15) is 0 Å². The van der Waals surface area contributed by atoms with Crippen molar-refractivity contribution in [2.24, 2.45) is 0 Å². The van der Waals surface area contributed by atoms with Gasteiger partial charge in [0.05, 0.1) is 5.52 Å². The molecule has 0 saturated heterocycles. The van der Waals surface area contributed by atoms with Gasteiger partial charge in [0.25, 0.3) is 0 Å². The van der Waals surface area contributed by atoms with E-state index in [1.165, 1.54) is 27.8 Å². The fourth-order valence-corrected chi connectivity index (χ4v) is 6.51. The second-order valence-electron chi connectivity index (χ2n) is 10.1. The van der Waals surface area contributed by atoms with E-state index in [0.717, 1.165) is 22.6 Å². The van der Waals surface area contributed by atoms with Crippen LogP contribution in [0.25, 0.3) is 28.0 Å². The van der Waals surface area contributed by atoms with Gasteiger partial charge in [0.15, 0.2) is 13.9 Å². The summed E-state index contributed by atoms with van der Waals surface area (Å²) in [7, 11) is -2.03. The molecular formula is C30H28N2OSi. The molecule has 5 aromatic rings. The van der Waals surface area contributed by atoms with Crippen LogP contribution in [-0.2, 0) is 10.0 Å². The first-order chi connectivity index (χ1) is 16.4. The average Bonchev–Trinajstić information content (AvgIpc) is 3.34. The molecule has 0 atom stereocenters. The normalized spacial score (nSPS) is 14.2. The van der Waals surface area contributed by atoms with Crippen molar-refractivity contribution in [3.8, 4) is 22.5 Å². The fourth-order valence-electron chi connectivity index (χ4n) is 5.27. The highest BCUT2D eigenvalue weighted by Crippen LogP contribution is 2.55. The Morgan fingerprint density at radius 1 is 0.735 bits per heavy atom. The number of pyridine rings is 1. The Hall–Kier alpha value is -3.47. The van der Waals surface area contributed by atoms with E-state index in [9.17, 15) is 0 Å². The minimum atomic E-state index is -2.03. The average molecular weight is 461 g/mol. The summed E-state index contributed by atoms with van der Waals surface area (Å²) in [5, 5.41) is 0. The predicted molar refractivity (Wildman–Crippen MR) is 142 cm³/mol. The number of imidazole rings is 1. The lowest BCUT2D eigenvalue weighted by Gasteiger charge is -2.37. The first-order valence-electron chi connectivity index (χ1n) is 11.8. The van der Waals surface area contributed by atoms with E-state index < -0.39 is 13.9 Å². The summed E-state index contributed by atoms with van der Waals surface area (Å²) in [6, 6.07) is 32.3. The van der Waals surface area contributed by atoms with E-state index in [-0.39, 0.29) is 0 Å². The van der Waals surface area contributed by atoms with Crippen molar-refractivity contribution in [3.63, 3.8) is 0 Å². The first kappa shape index (κ1) is 21.1. The molecule has 0 amide bonds. The third-order valence-corrected chi connectivity index (χ3v) is 7.47. The Kier molecular flexibility index (Phi) is 4.66. The molecule has 168 valence electrons. The molecule has 0 radical (unpaired) electrons. The summed E-state index contributed by atoms with van der Waals surface area (Å²) in [5.41, 5.74) is 8.42. The zero-order chi connectivity index (χ0) is 23.5. The molecule has 3 nitrogen and oxygen atoms in total.